The van der Waals surface area contributed by atoms with Crippen LogP contribution in [0.4, 0.5) is 5.69 Å². The summed E-state index contributed by atoms with van der Waals surface area (Å²) in [6.45, 7) is 2.31. The highest BCUT2D eigenvalue weighted by Crippen LogP contribution is 2.70. The van der Waals surface area contributed by atoms with Crippen LogP contribution in [0.3, 0.4) is 0 Å². The number of carbonyl (C=O) groups excluding carboxylic acids is 2. The van der Waals surface area contributed by atoms with Gasteiger partial charge in [0.2, 0.25) is 11.8 Å². The largest absolute Gasteiger partial charge is 0.492 e. The van der Waals surface area contributed by atoms with Crippen LogP contribution in [0.15, 0.2) is 109 Å². The Hall–Kier alpha value is -4.22. The number of amides is 2. The molecule has 4 aromatic rings. The Labute approximate surface area is 215 Å². The Morgan fingerprint density at radius 3 is 1.65 bits per heavy atom. The number of imide groups is 1. The van der Waals surface area contributed by atoms with Gasteiger partial charge in [-0.2, -0.15) is 0 Å². The molecule has 3 aliphatic heterocycles. The van der Waals surface area contributed by atoms with Crippen LogP contribution >= 0.6 is 0 Å². The van der Waals surface area contributed by atoms with Crippen LogP contribution < -0.4 is 9.64 Å². The highest BCUT2D eigenvalue weighted by atomic mass is 16.5. The van der Waals surface area contributed by atoms with Crippen LogP contribution in [-0.4, -0.2) is 18.4 Å². The molecule has 37 heavy (non-hydrogen) atoms. The van der Waals surface area contributed by atoms with Crippen LogP contribution in [0.2, 0.25) is 0 Å². The van der Waals surface area contributed by atoms with Gasteiger partial charge in [-0.15, -0.1) is 0 Å². The maximum absolute atomic E-state index is 14.5. The van der Waals surface area contributed by atoms with E-state index in [0.29, 0.717) is 18.0 Å². The van der Waals surface area contributed by atoms with Crippen molar-refractivity contribution in [1.29, 1.82) is 0 Å². The number of benzene rings is 4. The first kappa shape index (κ1) is 22.0. The highest BCUT2D eigenvalue weighted by molar-refractivity contribution is 6.24. The maximum Gasteiger partial charge on any atom is 0.241 e. The van der Waals surface area contributed by atoms with E-state index in [2.05, 4.69) is 0 Å². The highest BCUT2D eigenvalue weighted by Gasteiger charge is 2.78. The van der Waals surface area contributed by atoms with Crippen molar-refractivity contribution in [2.45, 2.75) is 18.1 Å². The predicted octanol–water partition coefficient (Wildman–Crippen LogP) is 5.42. The van der Waals surface area contributed by atoms with Crippen molar-refractivity contribution < 1.29 is 19.1 Å². The number of anilines is 1. The average molecular weight is 488 g/mol. The summed E-state index contributed by atoms with van der Waals surface area (Å²) < 4.78 is 13.0. The number of nitrogens with zero attached hydrogens (tertiary/aromatic N) is 1. The Balaban J connectivity index is 1.53. The Bertz CT molecular complexity index is 1440. The van der Waals surface area contributed by atoms with Crippen molar-refractivity contribution in [2.75, 3.05) is 11.5 Å². The molecule has 0 saturated carbocycles. The molecule has 3 heterocycles. The van der Waals surface area contributed by atoms with Gasteiger partial charge in [0.1, 0.15) is 17.0 Å². The number of fused-ring (bicyclic) bond motifs is 8. The van der Waals surface area contributed by atoms with E-state index < -0.39 is 23.0 Å². The van der Waals surface area contributed by atoms with Gasteiger partial charge in [0.05, 0.1) is 24.1 Å². The van der Waals surface area contributed by atoms with Gasteiger partial charge in [0.15, 0.2) is 0 Å². The second-order valence-electron chi connectivity index (χ2n) is 9.72. The van der Waals surface area contributed by atoms with E-state index in [9.17, 15) is 9.59 Å². The first-order valence-electron chi connectivity index (χ1n) is 12.7. The van der Waals surface area contributed by atoms with E-state index in [4.69, 9.17) is 9.47 Å². The molecule has 4 atom stereocenters. The normalized spacial score (nSPS) is 27.3. The lowest BCUT2D eigenvalue weighted by Gasteiger charge is -2.34. The van der Waals surface area contributed by atoms with Gasteiger partial charge < -0.3 is 9.47 Å². The van der Waals surface area contributed by atoms with E-state index in [0.717, 1.165) is 22.3 Å². The second-order valence-corrected chi connectivity index (χ2v) is 9.72. The SMILES string of the molecule is CCOc1ccccc1N1C(=O)[C@@H]2[C@H](C1=O)[C@@]1(c3ccccc3)O[C@]2(c2ccccc2)c2ccccc21. The third kappa shape index (κ3) is 2.67. The smallest absolute Gasteiger partial charge is 0.241 e. The monoisotopic (exact) mass is 487 g/mol. The topological polar surface area (TPSA) is 55.8 Å². The number of ether oxygens (including phenoxy) is 2. The Morgan fingerprint density at radius 1 is 0.676 bits per heavy atom. The number of para-hydroxylation sites is 2. The fraction of sp³-hybridized carbons (Fsp3) is 0.188. The molecule has 0 unspecified atom stereocenters. The molecule has 2 bridgehead atoms. The summed E-state index contributed by atoms with van der Waals surface area (Å²) in [5, 5.41) is 0. The lowest BCUT2D eigenvalue weighted by molar-refractivity contribution is -0.131. The molecule has 4 aromatic carbocycles. The summed E-state index contributed by atoms with van der Waals surface area (Å²) in [6.07, 6.45) is 0. The van der Waals surface area contributed by atoms with Crippen molar-refractivity contribution in [3.05, 3.63) is 131 Å². The van der Waals surface area contributed by atoms with Crippen molar-refractivity contribution in [3.63, 3.8) is 0 Å². The minimum Gasteiger partial charge on any atom is -0.492 e. The summed E-state index contributed by atoms with van der Waals surface area (Å²) in [4.78, 5) is 30.3. The molecule has 0 aromatic heterocycles. The summed E-state index contributed by atoms with van der Waals surface area (Å²) in [7, 11) is 0. The number of hydrogen-bond acceptors (Lipinski definition) is 4. The van der Waals surface area contributed by atoms with Gasteiger partial charge in [-0.25, -0.2) is 4.90 Å². The molecule has 7 rings (SSSR count). The quantitative estimate of drug-likeness (QED) is 0.353. The van der Waals surface area contributed by atoms with Gasteiger partial charge in [-0.3, -0.25) is 9.59 Å². The van der Waals surface area contributed by atoms with E-state index in [-0.39, 0.29) is 11.8 Å². The maximum atomic E-state index is 14.5. The van der Waals surface area contributed by atoms with Crippen LogP contribution in [0, 0.1) is 11.8 Å². The lowest BCUT2D eigenvalue weighted by Crippen LogP contribution is -2.42. The molecule has 0 aliphatic carbocycles. The third-order valence-electron chi connectivity index (χ3n) is 8.04. The fourth-order valence-corrected chi connectivity index (χ4v) is 6.76. The van der Waals surface area contributed by atoms with Crippen LogP contribution in [0.25, 0.3) is 0 Å². The summed E-state index contributed by atoms with van der Waals surface area (Å²) in [5.74, 6) is -1.48. The minimum atomic E-state index is -1.10. The van der Waals surface area contributed by atoms with Crippen molar-refractivity contribution in [1.82, 2.24) is 0 Å². The molecule has 0 radical (unpaired) electrons. The molecular weight excluding hydrogens is 462 g/mol. The van der Waals surface area contributed by atoms with Gasteiger partial charge in [-0.05, 0) is 41.3 Å². The van der Waals surface area contributed by atoms with E-state index in [1.54, 1.807) is 12.1 Å². The molecule has 2 fully saturated rings. The molecule has 2 amide bonds. The molecule has 5 nitrogen and oxygen atoms in total. The third-order valence-corrected chi connectivity index (χ3v) is 8.04. The molecule has 182 valence electrons. The van der Waals surface area contributed by atoms with Gasteiger partial charge in [0.25, 0.3) is 0 Å². The Morgan fingerprint density at radius 2 is 1.14 bits per heavy atom. The molecule has 2 saturated heterocycles. The second kappa shape index (κ2) is 7.89. The zero-order chi connectivity index (χ0) is 25.2. The number of rotatable bonds is 5. The summed E-state index contributed by atoms with van der Waals surface area (Å²) in [6, 6.07) is 35.0. The zero-order valence-corrected chi connectivity index (χ0v) is 20.3. The average Bonchev–Trinajstić information content (AvgIpc) is 3.54. The predicted molar refractivity (Wildman–Crippen MR) is 139 cm³/mol. The first-order valence-corrected chi connectivity index (χ1v) is 12.7. The lowest BCUT2D eigenvalue weighted by atomic mass is 9.61. The van der Waals surface area contributed by atoms with E-state index >= 15 is 0 Å². The summed E-state index contributed by atoms with van der Waals surface area (Å²) in [5.41, 5.74) is 1.90. The standard InChI is InChI=1S/C32H25NO4/c1-2-36-26-20-12-11-19-25(26)33-29(34)27-28(30(33)35)32(22-15-7-4-8-16-22)24-18-10-9-17-23(24)31(27,37-32)21-13-5-3-6-14-21/h3-20,27-28H,2H2,1H3/t27-,28+,31+,32-. The zero-order valence-electron chi connectivity index (χ0n) is 20.3. The van der Waals surface area contributed by atoms with E-state index in [1.165, 1.54) is 4.90 Å². The molecular formula is C32H25NO4. The van der Waals surface area contributed by atoms with Crippen molar-refractivity contribution in [2.24, 2.45) is 11.8 Å². The van der Waals surface area contributed by atoms with Crippen LogP contribution in [0.5, 0.6) is 5.75 Å². The Kier molecular flexibility index (Phi) is 4.69. The van der Waals surface area contributed by atoms with Crippen molar-refractivity contribution >= 4 is 17.5 Å². The summed E-state index contributed by atoms with van der Waals surface area (Å²) >= 11 is 0. The number of hydrogen-bond donors (Lipinski definition) is 0. The van der Waals surface area contributed by atoms with Crippen LogP contribution in [0.1, 0.15) is 29.2 Å². The van der Waals surface area contributed by atoms with Crippen LogP contribution in [-0.2, 0) is 25.5 Å². The fourth-order valence-electron chi connectivity index (χ4n) is 6.76. The molecule has 3 aliphatic rings. The van der Waals surface area contributed by atoms with Gasteiger partial charge in [0, 0.05) is 0 Å². The minimum absolute atomic E-state index is 0.265. The van der Waals surface area contributed by atoms with Gasteiger partial charge >= 0.3 is 0 Å². The molecule has 5 heteroatoms. The first-order chi connectivity index (χ1) is 18.1. The van der Waals surface area contributed by atoms with Gasteiger partial charge in [-0.1, -0.05) is 97.1 Å². The van der Waals surface area contributed by atoms with Crippen molar-refractivity contribution in [3.8, 4) is 5.75 Å². The molecule has 0 spiro atoms. The number of carbonyl (C=O) groups is 2. The molecule has 0 N–H and O–H groups in total. The van der Waals surface area contributed by atoms with E-state index in [1.807, 2.05) is 104 Å².